The second kappa shape index (κ2) is 2.36. The van der Waals surface area contributed by atoms with E-state index in [1.165, 1.54) is 0 Å². The van der Waals surface area contributed by atoms with Crippen LogP contribution in [-0.2, 0) is 0 Å². The maximum Gasteiger partial charge on any atom is 0.358 e. The van der Waals surface area contributed by atoms with Crippen molar-refractivity contribution in [3.63, 3.8) is 0 Å². The van der Waals surface area contributed by atoms with Gasteiger partial charge in [-0.05, 0) is 15.9 Å². The van der Waals surface area contributed by atoms with E-state index in [0.717, 1.165) is 0 Å². The molecule has 1 aliphatic rings. The molecule has 1 atom stereocenters. The fourth-order valence-corrected chi connectivity index (χ4v) is 2.22. The zero-order valence-electron chi connectivity index (χ0n) is 5.02. The largest absolute Gasteiger partial charge is 0.358 e. The van der Waals surface area contributed by atoms with Crippen LogP contribution >= 0.6 is 47.8 Å². The third-order valence-corrected chi connectivity index (χ3v) is 5.82. The predicted molar refractivity (Wildman–Crippen MR) is 43.2 cm³/mol. The van der Waals surface area contributed by atoms with Crippen molar-refractivity contribution in [2.45, 2.75) is 19.7 Å². The second-order valence-corrected chi connectivity index (χ2v) is 6.83. The Balaban J connectivity index is 3.16. The van der Waals surface area contributed by atoms with E-state index < -0.39 is 19.7 Å². The molecular formula is C4Br3F5. The monoisotopic (exact) mass is 380 g/mol. The fraction of sp³-hybridized carbons (Fsp3) is 1.00. The molecule has 0 aromatic heterocycles. The minimum Gasteiger partial charge on any atom is -0.221 e. The summed E-state index contributed by atoms with van der Waals surface area (Å²) in [6, 6.07) is 0. The van der Waals surface area contributed by atoms with E-state index >= 15 is 0 Å². The molecule has 12 heavy (non-hydrogen) atoms. The van der Waals surface area contributed by atoms with Gasteiger partial charge in [0.15, 0.2) is 3.23 Å². The molecule has 0 nitrogen and oxygen atoms in total. The Hall–Kier alpha value is 1.09. The molecule has 0 aromatic rings. The van der Waals surface area contributed by atoms with Crippen molar-refractivity contribution in [1.82, 2.24) is 0 Å². The van der Waals surface area contributed by atoms with Gasteiger partial charge >= 0.3 is 11.8 Å². The van der Waals surface area contributed by atoms with Gasteiger partial charge < -0.3 is 0 Å². The van der Waals surface area contributed by atoms with Gasteiger partial charge in [0.25, 0.3) is 4.58 Å². The lowest BCUT2D eigenvalue weighted by molar-refractivity contribution is -0.323. The van der Waals surface area contributed by atoms with Gasteiger partial charge in [0.05, 0.1) is 0 Å². The predicted octanol–water partition coefficient (Wildman–Crippen LogP) is 3.82. The van der Waals surface area contributed by atoms with Crippen molar-refractivity contribution < 1.29 is 22.0 Å². The standard InChI is InChI=1S/C4Br3F5/c5-1(6)2(7,8)4(11,12)3(1,9)10/t2-/m0/s1. The highest BCUT2D eigenvalue weighted by Crippen LogP contribution is 2.74. The molecule has 0 heterocycles. The summed E-state index contributed by atoms with van der Waals surface area (Å²) in [6.07, 6.45) is 0. The first-order chi connectivity index (χ1) is 5.00. The Kier molecular flexibility index (Phi) is 2.20. The Bertz CT molecular complexity index is 159. The first-order valence-corrected chi connectivity index (χ1v) is 4.89. The summed E-state index contributed by atoms with van der Waals surface area (Å²) in [4.78, 5) is 0. The zero-order valence-corrected chi connectivity index (χ0v) is 9.78. The SMILES string of the molecule is FC1(F)C(F)(F)[C@](F)(Br)C1(Br)Br. The number of rotatable bonds is 0. The average molecular weight is 383 g/mol. The first kappa shape index (κ1) is 11.2. The minimum atomic E-state index is -4.73. The van der Waals surface area contributed by atoms with Crippen LogP contribution in [0, 0.1) is 0 Å². The van der Waals surface area contributed by atoms with Crippen molar-refractivity contribution >= 4 is 47.8 Å². The average Bonchev–Trinajstić information content (AvgIpc) is 1.84. The van der Waals surface area contributed by atoms with Gasteiger partial charge in [-0.25, -0.2) is 4.39 Å². The number of alkyl halides is 8. The fourth-order valence-electron chi connectivity index (χ4n) is 0.726. The molecule has 1 aliphatic carbocycles. The van der Waals surface area contributed by atoms with E-state index in [9.17, 15) is 22.0 Å². The molecule has 0 aromatic carbocycles. The number of hydrogen-bond acceptors (Lipinski definition) is 0. The van der Waals surface area contributed by atoms with Gasteiger partial charge in [-0.3, -0.25) is 0 Å². The van der Waals surface area contributed by atoms with Crippen LogP contribution in [0.5, 0.6) is 0 Å². The van der Waals surface area contributed by atoms with Crippen LogP contribution in [0.2, 0.25) is 0 Å². The van der Waals surface area contributed by atoms with Gasteiger partial charge in [0.1, 0.15) is 0 Å². The molecule has 72 valence electrons. The highest BCUT2D eigenvalue weighted by molar-refractivity contribution is 9.26. The number of halogens is 8. The summed E-state index contributed by atoms with van der Waals surface area (Å²) in [5.74, 6) is -9.20. The lowest BCUT2D eigenvalue weighted by atomic mass is 9.86. The molecule has 0 unspecified atom stereocenters. The maximum atomic E-state index is 12.8. The molecule has 1 rings (SSSR count). The van der Waals surface area contributed by atoms with Gasteiger partial charge in [-0.1, -0.05) is 31.9 Å². The Morgan fingerprint density at radius 1 is 0.667 bits per heavy atom. The van der Waals surface area contributed by atoms with Gasteiger partial charge in [0, 0.05) is 0 Å². The highest BCUT2D eigenvalue weighted by Gasteiger charge is 2.95. The quantitative estimate of drug-likeness (QED) is 0.441. The molecule has 1 fully saturated rings. The zero-order chi connectivity index (χ0) is 10.0. The molecule has 0 amide bonds. The van der Waals surface area contributed by atoms with Gasteiger partial charge in [0.2, 0.25) is 0 Å². The molecule has 0 saturated heterocycles. The molecule has 8 heteroatoms. The Morgan fingerprint density at radius 2 is 1.00 bits per heavy atom. The molecular weight excluding hydrogens is 383 g/mol. The van der Waals surface area contributed by atoms with Crippen molar-refractivity contribution in [3.05, 3.63) is 0 Å². The van der Waals surface area contributed by atoms with Crippen LogP contribution in [0.25, 0.3) is 0 Å². The summed E-state index contributed by atoms with van der Waals surface area (Å²) in [5.41, 5.74) is 0. The lowest BCUT2D eigenvalue weighted by Gasteiger charge is -2.54. The molecule has 0 bridgehead atoms. The van der Waals surface area contributed by atoms with Crippen LogP contribution in [0.3, 0.4) is 0 Å². The topological polar surface area (TPSA) is 0 Å². The van der Waals surface area contributed by atoms with Crippen LogP contribution in [0.15, 0.2) is 0 Å². The maximum absolute atomic E-state index is 12.8. The summed E-state index contributed by atoms with van der Waals surface area (Å²) in [5, 5.41) is 0. The summed E-state index contributed by atoms with van der Waals surface area (Å²) in [6.45, 7) is 0. The van der Waals surface area contributed by atoms with Gasteiger partial charge in [-0.15, -0.1) is 0 Å². The lowest BCUT2D eigenvalue weighted by Crippen LogP contribution is -2.80. The summed E-state index contributed by atoms with van der Waals surface area (Å²) < 4.78 is 56.3. The molecule has 0 aliphatic heterocycles. The molecule has 0 spiro atoms. The van der Waals surface area contributed by atoms with Gasteiger partial charge in [-0.2, -0.15) is 17.6 Å². The van der Waals surface area contributed by atoms with E-state index in [1.807, 2.05) is 15.9 Å². The van der Waals surface area contributed by atoms with Crippen LogP contribution in [0.4, 0.5) is 22.0 Å². The van der Waals surface area contributed by atoms with Crippen molar-refractivity contribution in [1.29, 1.82) is 0 Å². The Labute approximate surface area is 89.3 Å². The first-order valence-electron chi connectivity index (χ1n) is 2.51. The van der Waals surface area contributed by atoms with E-state index in [1.54, 1.807) is 0 Å². The number of hydrogen-bond donors (Lipinski definition) is 0. The summed E-state index contributed by atoms with van der Waals surface area (Å²) >= 11 is 6.19. The third-order valence-electron chi connectivity index (χ3n) is 1.58. The van der Waals surface area contributed by atoms with E-state index in [2.05, 4.69) is 31.9 Å². The third kappa shape index (κ3) is 0.821. The highest BCUT2D eigenvalue weighted by atomic mass is 79.9. The summed E-state index contributed by atoms with van der Waals surface area (Å²) in [7, 11) is 0. The Morgan fingerprint density at radius 3 is 1.08 bits per heavy atom. The van der Waals surface area contributed by atoms with Crippen molar-refractivity contribution in [2.24, 2.45) is 0 Å². The van der Waals surface area contributed by atoms with E-state index in [4.69, 9.17) is 0 Å². The smallest absolute Gasteiger partial charge is 0.221 e. The van der Waals surface area contributed by atoms with Crippen molar-refractivity contribution in [3.8, 4) is 0 Å². The normalized spacial score (nSPS) is 42.0. The molecule has 0 radical (unpaired) electrons. The second-order valence-electron chi connectivity index (χ2n) is 2.30. The van der Waals surface area contributed by atoms with Crippen molar-refractivity contribution in [2.75, 3.05) is 0 Å². The molecule has 0 N–H and O–H groups in total. The van der Waals surface area contributed by atoms with Crippen LogP contribution in [0.1, 0.15) is 0 Å². The minimum absolute atomic E-state index is 1.89. The molecule has 1 saturated carbocycles. The van der Waals surface area contributed by atoms with E-state index in [-0.39, 0.29) is 0 Å². The van der Waals surface area contributed by atoms with Crippen LogP contribution < -0.4 is 0 Å². The van der Waals surface area contributed by atoms with Crippen LogP contribution in [-0.4, -0.2) is 19.7 Å². The van der Waals surface area contributed by atoms with E-state index in [0.29, 0.717) is 0 Å².